The third-order valence-corrected chi connectivity index (χ3v) is 3.84. The van der Waals surface area contributed by atoms with Crippen LogP contribution in [-0.4, -0.2) is 5.11 Å². The van der Waals surface area contributed by atoms with Crippen LogP contribution < -0.4 is 0 Å². The van der Waals surface area contributed by atoms with Crippen LogP contribution in [0.4, 0.5) is 0 Å². The van der Waals surface area contributed by atoms with Gasteiger partial charge in [-0.2, -0.15) is 0 Å². The van der Waals surface area contributed by atoms with E-state index in [1.165, 1.54) is 4.88 Å². The van der Waals surface area contributed by atoms with Crippen molar-refractivity contribution < 1.29 is 9.52 Å². The summed E-state index contributed by atoms with van der Waals surface area (Å²) < 4.78 is 5.17. The normalized spacial score (nSPS) is 12.9. The molecule has 0 spiro atoms. The predicted molar refractivity (Wildman–Crippen MR) is 66.1 cm³/mol. The first-order valence-electron chi connectivity index (χ1n) is 5.20. The highest BCUT2D eigenvalue weighted by Crippen LogP contribution is 2.26. The zero-order chi connectivity index (χ0) is 11.5. The lowest BCUT2D eigenvalue weighted by Crippen LogP contribution is -1.98. The standard InChI is InChI=1S/C12H13ClO2S/c1-2-8-3-4-9(16-8)7-10(14)11-5-6-12(13)15-11/h3-6,10,14H,2,7H2,1H3. The van der Waals surface area contributed by atoms with Crippen molar-refractivity contribution in [3.63, 3.8) is 0 Å². The summed E-state index contributed by atoms with van der Waals surface area (Å²) in [6, 6.07) is 7.51. The van der Waals surface area contributed by atoms with Crippen LogP contribution in [0, 0.1) is 0 Å². The van der Waals surface area contributed by atoms with E-state index in [4.69, 9.17) is 16.0 Å². The molecule has 0 saturated carbocycles. The highest BCUT2D eigenvalue weighted by molar-refractivity contribution is 7.11. The number of halogens is 1. The number of hydrogen-bond donors (Lipinski definition) is 1. The lowest BCUT2D eigenvalue weighted by Gasteiger charge is -2.05. The number of rotatable bonds is 4. The molecule has 0 aliphatic carbocycles. The second-order valence-corrected chi connectivity index (χ2v) is 5.21. The second kappa shape index (κ2) is 5.04. The fourth-order valence-corrected chi connectivity index (χ4v) is 2.67. The summed E-state index contributed by atoms with van der Waals surface area (Å²) in [7, 11) is 0. The van der Waals surface area contributed by atoms with E-state index in [-0.39, 0.29) is 0 Å². The maximum Gasteiger partial charge on any atom is 0.193 e. The first-order chi connectivity index (χ1) is 7.69. The third-order valence-electron chi connectivity index (χ3n) is 2.38. The molecule has 2 rings (SSSR count). The molecule has 0 fully saturated rings. The largest absolute Gasteiger partial charge is 0.447 e. The molecule has 2 aromatic heterocycles. The number of aliphatic hydroxyl groups is 1. The molecule has 2 aromatic rings. The highest BCUT2D eigenvalue weighted by atomic mass is 35.5. The van der Waals surface area contributed by atoms with Crippen molar-refractivity contribution in [2.75, 3.05) is 0 Å². The van der Waals surface area contributed by atoms with E-state index < -0.39 is 6.10 Å². The Morgan fingerprint density at radius 2 is 2.06 bits per heavy atom. The van der Waals surface area contributed by atoms with Gasteiger partial charge in [0.25, 0.3) is 0 Å². The van der Waals surface area contributed by atoms with Gasteiger partial charge in [-0.05, 0) is 42.3 Å². The van der Waals surface area contributed by atoms with Gasteiger partial charge in [-0.1, -0.05) is 6.92 Å². The quantitative estimate of drug-likeness (QED) is 0.902. The van der Waals surface area contributed by atoms with Crippen LogP contribution in [0.25, 0.3) is 0 Å². The summed E-state index contributed by atoms with van der Waals surface area (Å²) in [6.07, 6.45) is 0.998. The molecule has 86 valence electrons. The first kappa shape index (κ1) is 11.7. The highest BCUT2D eigenvalue weighted by Gasteiger charge is 2.13. The molecule has 1 N–H and O–H groups in total. The zero-order valence-corrected chi connectivity index (χ0v) is 10.5. The molecule has 2 heterocycles. The van der Waals surface area contributed by atoms with Gasteiger partial charge in [-0.15, -0.1) is 11.3 Å². The molecule has 0 aliphatic heterocycles. The van der Waals surface area contributed by atoms with Gasteiger partial charge in [0.15, 0.2) is 5.22 Å². The Morgan fingerprint density at radius 1 is 1.31 bits per heavy atom. The molecule has 0 aromatic carbocycles. The van der Waals surface area contributed by atoms with Crippen molar-refractivity contribution in [1.82, 2.24) is 0 Å². The molecule has 2 nitrogen and oxygen atoms in total. The smallest absolute Gasteiger partial charge is 0.193 e. The average Bonchev–Trinajstić information content (AvgIpc) is 2.87. The van der Waals surface area contributed by atoms with E-state index in [2.05, 4.69) is 19.1 Å². The van der Waals surface area contributed by atoms with E-state index in [0.29, 0.717) is 17.4 Å². The number of furan rings is 1. The van der Waals surface area contributed by atoms with Gasteiger partial charge in [0, 0.05) is 16.2 Å². The zero-order valence-electron chi connectivity index (χ0n) is 8.94. The van der Waals surface area contributed by atoms with Crippen molar-refractivity contribution in [3.05, 3.63) is 45.0 Å². The van der Waals surface area contributed by atoms with Gasteiger partial charge in [0.2, 0.25) is 0 Å². The maximum absolute atomic E-state index is 9.92. The fourth-order valence-electron chi connectivity index (χ4n) is 1.52. The molecule has 4 heteroatoms. The molecular weight excluding hydrogens is 244 g/mol. The van der Waals surface area contributed by atoms with Crippen molar-refractivity contribution in [2.24, 2.45) is 0 Å². The van der Waals surface area contributed by atoms with Gasteiger partial charge in [-0.3, -0.25) is 0 Å². The van der Waals surface area contributed by atoms with Gasteiger partial charge in [0.05, 0.1) is 0 Å². The summed E-state index contributed by atoms with van der Waals surface area (Å²) in [4.78, 5) is 2.50. The molecule has 1 unspecified atom stereocenters. The van der Waals surface area contributed by atoms with Crippen molar-refractivity contribution in [2.45, 2.75) is 25.9 Å². The summed E-state index contributed by atoms with van der Waals surface area (Å²) in [5, 5.41) is 10.2. The van der Waals surface area contributed by atoms with Crippen LogP contribution in [0.15, 0.2) is 28.7 Å². The first-order valence-corrected chi connectivity index (χ1v) is 6.39. The predicted octanol–water partition coefficient (Wildman–Crippen LogP) is 3.83. The molecule has 0 radical (unpaired) electrons. The van der Waals surface area contributed by atoms with Gasteiger partial charge >= 0.3 is 0 Å². The van der Waals surface area contributed by atoms with Crippen LogP contribution in [0.3, 0.4) is 0 Å². The SMILES string of the molecule is CCc1ccc(CC(O)c2ccc(Cl)o2)s1. The molecule has 0 aliphatic rings. The molecule has 1 atom stereocenters. The summed E-state index contributed by atoms with van der Waals surface area (Å²) in [5.74, 6) is 0.524. The minimum absolute atomic E-state index is 0.314. The van der Waals surface area contributed by atoms with Gasteiger partial charge in [0.1, 0.15) is 11.9 Å². The lowest BCUT2D eigenvalue weighted by molar-refractivity contribution is 0.151. The van der Waals surface area contributed by atoms with Crippen LogP contribution >= 0.6 is 22.9 Å². The van der Waals surface area contributed by atoms with E-state index in [1.54, 1.807) is 23.5 Å². The Kier molecular flexibility index (Phi) is 3.69. The summed E-state index contributed by atoms with van der Waals surface area (Å²) in [6.45, 7) is 2.12. The second-order valence-electron chi connectivity index (χ2n) is 3.58. The Balaban J connectivity index is 2.04. The van der Waals surface area contributed by atoms with Crippen LogP contribution in [0.1, 0.15) is 28.5 Å². The number of thiophene rings is 1. The Morgan fingerprint density at radius 3 is 2.62 bits per heavy atom. The van der Waals surface area contributed by atoms with Gasteiger partial charge in [-0.25, -0.2) is 0 Å². The van der Waals surface area contributed by atoms with Gasteiger partial charge < -0.3 is 9.52 Å². The number of aliphatic hydroxyl groups excluding tert-OH is 1. The number of hydrogen-bond acceptors (Lipinski definition) is 3. The molecule has 0 saturated heterocycles. The van der Waals surface area contributed by atoms with E-state index >= 15 is 0 Å². The topological polar surface area (TPSA) is 33.4 Å². The molecule has 0 amide bonds. The van der Waals surface area contributed by atoms with Crippen molar-refractivity contribution in [1.29, 1.82) is 0 Å². The van der Waals surface area contributed by atoms with Crippen LogP contribution in [0.5, 0.6) is 0 Å². The molecule has 0 bridgehead atoms. The summed E-state index contributed by atoms with van der Waals surface area (Å²) >= 11 is 7.39. The van der Waals surface area contributed by atoms with E-state index in [1.807, 2.05) is 0 Å². The lowest BCUT2D eigenvalue weighted by atomic mass is 10.2. The minimum Gasteiger partial charge on any atom is -0.447 e. The molecular formula is C12H13ClO2S. The van der Waals surface area contributed by atoms with Crippen molar-refractivity contribution >= 4 is 22.9 Å². The average molecular weight is 257 g/mol. The third kappa shape index (κ3) is 2.67. The molecule has 16 heavy (non-hydrogen) atoms. The Labute approximate surface area is 103 Å². The van der Waals surface area contributed by atoms with Crippen molar-refractivity contribution in [3.8, 4) is 0 Å². The fraction of sp³-hybridized carbons (Fsp3) is 0.333. The van der Waals surface area contributed by atoms with E-state index in [0.717, 1.165) is 11.3 Å². The van der Waals surface area contributed by atoms with Crippen LogP contribution in [-0.2, 0) is 12.8 Å². The maximum atomic E-state index is 9.92. The van der Waals surface area contributed by atoms with E-state index in [9.17, 15) is 5.11 Å². The Hall–Kier alpha value is -0.770. The Bertz CT molecular complexity index is 461. The number of aryl methyl sites for hydroxylation is 1. The summed E-state index contributed by atoms with van der Waals surface area (Å²) in [5.41, 5.74) is 0. The monoisotopic (exact) mass is 256 g/mol. The minimum atomic E-state index is -0.615. The van der Waals surface area contributed by atoms with Crippen LogP contribution in [0.2, 0.25) is 5.22 Å².